The van der Waals surface area contributed by atoms with Crippen molar-refractivity contribution >= 4 is 11.6 Å². The van der Waals surface area contributed by atoms with Crippen molar-refractivity contribution in [2.24, 2.45) is 0 Å². The zero-order chi connectivity index (χ0) is 13.7. The summed E-state index contributed by atoms with van der Waals surface area (Å²) in [6.07, 6.45) is -0.696. The highest BCUT2D eigenvalue weighted by atomic mass is 16.6. The third-order valence-electron chi connectivity index (χ3n) is 2.20. The van der Waals surface area contributed by atoms with Gasteiger partial charge < -0.3 is 15.2 Å². The number of nitrogens with zero attached hydrogens (tertiary/aromatic N) is 1. The van der Waals surface area contributed by atoms with E-state index < -0.39 is 16.9 Å². The first-order valence-electron chi connectivity index (χ1n) is 5.25. The number of amides is 1. The van der Waals surface area contributed by atoms with E-state index in [4.69, 9.17) is 9.84 Å². The number of ether oxygens (including phenoxy) is 1. The molecule has 2 N–H and O–H groups in total. The Morgan fingerprint density at radius 3 is 2.78 bits per heavy atom. The molecule has 7 heteroatoms. The van der Waals surface area contributed by atoms with Crippen LogP contribution in [0.4, 0.5) is 5.69 Å². The highest BCUT2D eigenvalue weighted by molar-refractivity contribution is 5.98. The summed E-state index contributed by atoms with van der Waals surface area (Å²) in [6, 6.07) is 4.07. The van der Waals surface area contributed by atoms with Crippen molar-refractivity contribution in [2.45, 2.75) is 13.0 Å². The van der Waals surface area contributed by atoms with Crippen molar-refractivity contribution in [2.75, 3.05) is 13.7 Å². The van der Waals surface area contributed by atoms with Crippen LogP contribution in [-0.4, -0.2) is 35.7 Å². The summed E-state index contributed by atoms with van der Waals surface area (Å²) in [7, 11) is 1.26. The molecule has 0 aliphatic rings. The van der Waals surface area contributed by atoms with Gasteiger partial charge >= 0.3 is 5.69 Å². The zero-order valence-corrected chi connectivity index (χ0v) is 10.0. The van der Waals surface area contributed by atoms with E-state index in [9.17, 15) is 14.9 Å². The first-order valence-corrected chi connectivity index (χ1v) is 5.25. The van der Waals surface area contributed by atoms with Crippen molar-refractivity contribution < 1.29 is 19.6 Å². The maximum atomic E-state index is 11.8. The third kappa shape index (κ3) is 3.17. The molecule has 0 fully saturated rings. The number of aliphatic hydroxyl groups is 1. The van der Waals surface area contributed by atoms with E-state index in [1.807, 2.05) is 0 Å². The number of nitro benzene ring substituents is 1. The van der Waals surface area contributed by atoms with E-state index in [2.05, 4.69) is 5.32 Å². The van der Waals surface area contributed by atoms with Crippen LogP contribution in [0.3, 0.4) is 0 Å². The van der Waals surface area contributed by atoms with Gasteiger partial charge in [-0.25, -0.2) is 0 Å². The monoisotopic (exact) mass is 254 g/mol. The van der Waals surface area contributed by atoms with Crippen molar-refractivity contribution in [1.29, 1.82) is 0 Å². The Morgan fingerprint density at radius 1 is 1.61 bits per heavy atom. The van der Waals surface area contributed by atoms with Gasteiger partial charge in [0, 0.05) is 12.6 Å². The topological polar surface area (TPSA) is 102 Å². The standard InChI is InChI=1S/C11H14N2O5/c1-7(14)6-12-11(15)8-4-3-5-9(13(16)17)10(8)18-2/h3-5,7,14H,6H2,1-2H3,(H,12,15)/t7-/m1/s1. The number of aliphatic hydroxyl groups excluding tert-OH is 1. The average molecular weight is 254 g/mol. The fourth-order valence-corrected chi connectivity index (χ4v) is 1.40. The van der Waals surface area contributed by atoms with Crippen molar-refractivity contribution in [3.05, 3.63) is 33.9 Å². The average Bonchev–Trinajstić information content (AvgIpc) is 2.34. The molecule has 18 heavy (non-hydrogen) atoms. The quantitative estimate of drug-likeness (QED) is 0.595. The lowest BCUT2D eigenvalue weighted by atomic mass is 10.1. The van der Waals surface area contributed by atoms with Crippen LogP contribution in [0.5, 0.6) is 5.75 Å². The molecule has 98 valence electrons. The van der Waals surface area contributed by atoms with Gasteiger partial charge in [-0.15, -0.1) is 0 Å². The molecule has 1 amide bonds. The minimum atomic E-state index is -0.696. The molecule has 1 aromatic carbocycles. The predicted molar refractivity (Wildman–Crippen MR) is 63.7 cm³/mol. The molecule has 7 nitrogen and oxygen atoms in total. The minimum Gasteiger partial charge on any atom is -0.490 e. The second-order valence-electron chi connectivity index (χ2n) is 3.67. The first-order chi connectivity index (χ1) is 8.47. The number of hydrogen-bond acceptors (Lipinski definition) is 5. The number of nitro groups is 1. The lowest BCUT2D eigenvalue weighted by Crippen LogP contribution is -2.30. The molecule has 0 aliphatic carbocycles. The van der Waals surface area contributed by atoms with E-state index in [-0.39, 0.29) is 23.5 Å². The molecule has 0 saturated heterocycles. The van der Waals surface area contributed by atoms with E-state index in [0.717, 1.165) is 0 Å². The number of methoxy groups -OCH3 is 1. The summed E-state index contributed by atoms with van der Waals surface area (Å²) >= 11 is 0. The third-order valence-corrected chi connectivity index (χ3v) is 2.20. The van der Waals surface area contributed by atoms with E-state index in [1.54, 1.807) is 0 Å². The highest BCUT2D eigenvalue weighted by Crippen LogP contribution is 2.30. The summed E-state index contributed by atoms with van der Waals surface area (Å²) in [5, 5.41) is 22.3. The number of carbonyl (C=O) groups is 1. The summed E-state index contributed by atoms with van der Waals surface area (Å²) in [5.74, 6) is -0.623. The molecule has 0 unspecified atom stereocenters. The Morgan fingerprint density at radius 2 is 2.28 bits per heavy atom. The van der Waals surface area contributed by atoms with E-state index in [1.165, 1.54) is 32.2 Å². The first kappa shape index (κ1) is 13.9. The summed E-state index contributed by atoms with van der Waals surface area (Å²) in [5.41, 5.74) is -0.213. The van der Waals surface area contributed by atoms with E-state index in [0.29, 0.717) is 0 Å². The lowest BCUT2D eigenvalue weighted by molar-refractivity contribution is -0.385. The SMILES string of the molecule is COc1c(C(=O)NC[C@@H](C)O)cccc1[N+](=O)[O-]. The molecule has 0 saturated carbocycles. The summed E-state index contributed by atoms with van der Waals surface area (Å²) in [6.45, 7) is 1.58. The Bertz CT molecular complexity index is 459. The number of rotatable bonds is 5. The normalized spacial score (nSPS) is 11.7. The van der Waals surface area contributed by atoms with Gasteiger partial charge in [0.15, 0.2) is 0 Å². The fourth-order valence-electron chi connectivity index (χ4n) is 1.40. The predicted octanol–water partition coefficient (Wildman–Crippen LogP) is 0.714. The fraction of sp³-hybridized carbons (Fsp3) is 0.364. The van der Waals surface area contributed by atoms with Crippen LogP contribution in [0.2, 0.25) is 0 Å². The summed E-state index contributed by atoms with van der Waals surface area (Å²) < 4.78 is 4.90. The van der Waals surface area contributed by atoms with Crippen molar-refractivity contribution in [3.63, 3.8) is 0 Å². The maximum absolute atomic E-state index is 11.8. The van der Waals surface area contributed by atoms with Gasteiger partial charge in [0.05, 0.1) is 23.7 Å². The van der Waals surface area contributed by atoms with Gasteiger partial charge in [0.1, 0.15) is 0 Å². The van der Waals surface area contributed by atoms with Crippen LogP contribution in [0.25, 0.3) is 0 Å². The number of benzene rings is 1. The van der Waals surface area contributed by atoms with Crippen LogP contribution in [0.15, 0.2) is 18.2 Å². The Kier molecular flexibility index (Phi) is 4.61. The second kappa shape index (κ2) is 5.97. The number of para-hydroxylation sites is 1. The molecule has 0 heterocycles. The van der Waals surface area contributed by atoms with Gasteiger partial charge in [-0.3, -0.25) is 14.9 Å². The Labute approximate surface area is 104 Å². The van der Waals surface area contributed by atoms with Crippen molar-refractivity contribution in [1.82, 2.24) is 5.32 Å². The van der Waals surface area contributed by atoms with Gasteiger partial charge in [0.2, 0.25) is 5.75 Å². The Balaban J connectivity index is 3.05. The van der Waals surface area contributed by atoms with Crippen LogP contribution in [0, 0.1) is 10.1 Å². The van der Waals surface area contributed by atoms with Crippen LogP contribution in [-0.2, 0) is 0 Å². The second-order valence-corrected chi connectivity index (χ2v) is 3.67. The van der Waals surface area contributed by atoms with Gasteiger partial charge in [0.25, 0.3) is 5.91 Å². The number of hydrogen-bond donors (Lipinski definition) is 2. The van der Waals surface area contributed by atoms with Gasteiger partial charge in [-0.05, 0) is 13.0 Å². The molecule has 0 radical (unpaired) electrons. The maximum Gasteiger partial charge on any atom is 0.311 e. The van der Waals surface area contributed by atoms with Crippen LogP contribution >= 0.6 is 0 Å². The Hall–Kier alpha value is -2.15. The smallest absolute Gasteiger partial charge is 0.311 e. The van der Waals surface area contributed by atoms with Crippen LogP contribution < -0.4 is 10.1 Å². The molecular weight excluding hydrogens is 240 g/mol. The molecule has 1 rings (SSSR count). The molecule has 0 spiro atoms. The molecular formula is C11H14N2O5. The molecule has 0 aliphatic heterocycles. The minimum absolute atomic E-state index is 0.0602. The zero-order valence-electron chi connectivity index (χ0n) is 10.0. The molecule has 0 aromatic heterocycles. The van der Waals surface area contributed by atoms with Gasteiger partial charge in [-0.1, -0.05) is 6.07 Å². The molecule has 0 bridgehead atoms. The number of nitrogens with one attached hydrogen (secondary N) is 1. The largest absolute Gasteiger partial charge is 0.490 e. The molecule has 1 aromatic rings. The summed E-state index contributed by atoms with van der Waals surface area (Å²) in [4.78, 5) is 21.9. The highest BCUT2D eigenvalue weighted by Gasteiger charge is 2.22. The van der Waals surface area contributed by atoms with Crippen molar-refractivity contribution in [3.8, 4) is 5.75 Å². The molecule has 1 atom stereocenters. The van der Waals surface area contributed by atoms with E-state index >= 15 is 0 Å². The number of carbonyl (C=O) groups excluding carboxylic acids is 1. The van der Waals surface area contributed by atoms with Gasteiger partial charge in [-0.2, -0.15) is 0 Å². The lowest BCUT2D eigenvalue weighted by Gasteiger charge is -2.10. The van der Waals surface area contributed by atoms with Crippen LogP contribution in [0.1, 0.15) is 17.3 Å².